The first-order valence-electron chi connectivity index (χ1n) is 7.46. The first-order chi connectivity index (χ1) is 9.81. The maximum Gasteiger partial charge on any atom is 0.231 e. The molecule has 4 nitrogen and oxygen atoms in total. The number of benzene rings is 1. The van der Waals surface area contributed by atoms with Gasteiger partial charge in [0.2, 0.25) is 12.7 Å². The number of rotatable bonds is 5. The Bertz CT molecular complexity index is 481. The minimum absolute atomic E-state index is 0.148. The van der Waals surface area contributed by atoms with Gasteiger partial charge < -0.3 is 14.8 Å². The summed E-state index contributed by atoms with van der Waals surface area (Å²) in [5.41, 5.74) is 1.12. The van der Waals surface area contributed by atoms with E-state index in [1.165, 1.54) is 25.7 Å². The van der Waals surface area contributed by atoms with Crippen LogP contribution in [0, 0.1) is 5.92 Å². The van der Waals surface area contributed by atoms with E-state index in [-0.39, 0.29) is 5.91 Å². The molecule has 0 unspecified atom stereocenters. The molecule has 108 valence electrons. The lowest BCUT2D eigenvalue weighted by Crippen LogP contribution is -2.28. The summed E-state index contributed by atoms with van der Waals surface area (Å²) >= 11 is 0. The van der Waals surface area contributed by atoms with E-state index >= 15 is 0 Å². The van der Waals surface area contributed by atoms with Crippen LogP contribution in [0.3, 0.4) is 0 Å². The predicted molar refractivity (Wildman–Crippen MR) is 75.9 cm³/mol. The predicted octanol–water partition coefficient (Wildman–Crippen LogP) is 2.65. The molecule has 0 aromatic heterocycles. The summed E-state index contributed by atoms with van der Waals surface area (Å²) in [6, 6.07) is 5.87. The monoisotopic (exact) mass is 275 g/mol. The Morgan fingerprint density at radius 2 is 2.00 bits per heavy atom. The van der Waals surface area contributed by atoms with Crippen LogP contribution in [-0.2, 0) is 11.2 Å². The fourth-order valence-electron chi connectivity index (χ4n) is 2.92. The average Bonchev–Trinajstić information content (AvgIpc) is 3.13. The number of carbonyl (C=O) groups is 1. The molecule has 1 aromatic rings. The highest BCUT2D eigenvalue weighted by atomic mass is 16.7. The lowest BCUT2D eigenvalue weighted by molar-refractivity contribution is -0.121. The van der Waals surface area contributed by atoms with Gasteiger partial charge in [0, 0.05) is 13.0 Å². The second kappa shape index (κ2) is 6.16. The third-order valence-corrected chi connectivity index (χ3v) is 4.14. The van der Waals surface area contributed by atoms with Gasteiger partial charge in [0.1, 0.15) is 0 Å². The molecule has 1 saturated carbocycles. The van der Waals surface area contributed by atoms with Gasteiger partial charge in [0.15, 0.2) is 11.5 Å². The zero-order chi connectivity index (χ0) is 13.8. The highest BCUT2D eigenvalue weighted by molar-refractivity contribution is 5.76. The number of carbonyl (C=O) groups excluding carboxylic acids is 1. The van der Waals surface area contributed by atoms with Gasteiger partial charge >= 0.3 is 0 Å². The fraction of sp³-hybridized carbons (Fsp3) is 0.562. The van der Waals surface area contributed by atoms with Crippen molar-refractivity contribution in [3.8, 4) is 11.5 Å². The van der Waals surface area contributed by atoms with E-state index < -0.39 is 0 Å². The maximum absolute atomic E-state index is 11.8. The van der Waals surface area contributed by atoms with Gasteiger partial charge in [-0.3, -0.25) is 4.79 Å². The van der Waals surface area contributed by atoms with Crippen LogP contribution in [0.15, 0.2) is 18.2 Å². The summed E-state index contributed by atoms with van der Waals surface area (Å²) in [5, 5.41) is 3.05. The Morgan fingerprint density at radius 3 is 2.85 bits per heavy atom. The standard InChI is InChI=1S/C16H21NO3/c18-16(17-10-13-3-1-2-4-13)8-6-12-5-7-14-15(9-12)20-11-19-14/h5,7,9,13H,1-4,6,8,10-11H2,(H,17,18). The number of ether oxygens (including phenoxy) is 2. The number of hydrogen-bond donors (Lipinski definition) is 1. The third kappa shape index (κ3) is 3.24. The minimum atomic E-state index is 0.148. The van der Waals surface area contributed by atoms with E-state index in [1.807, 2.05) is 18.2 Å². The van der Waals surface area contributed by atoms with Crippen LogP contribution in [0.2, 0.25) is 0 Å². The van der Waals surface area contributed by atoms with Crippen molar-refractivity contribution in [1.29, 1.82) is 0 Å². The second-order valence-electron chi connectivity index (χ2n) is 5.64. The fourth-order valence-corrected chi connectivity index (χ4v) is 2.92. The van der Waals surface area contributed by atoms with E-state index in [9.17, 15) is 4.79 Å². The highest BCUT2D eigenvalue weighted by Crippen LogP contribution is 2.32. The minimum Gasteiger partial charge on any atom is -0.454 e. The molecule has 0 bridgehead atoms. The molecule has 1 amide bonds. The van der Waals surface area contributed by atoms with Crippen molar-refractivity contribution in [1.82, 2.24) is 5.32 Å². The van der Waals surface area contributed by atoms with Gasteiger partial charge in [-0.2, -0.15) is 0 Å². The van der Waals surface area contributed by atoms with Crippen molar-refractivity contribution in [2.75, 3.05) is 13.3 Å². The molecular weight excluding hydrogens is 254 g/mol. The Labute approximate surface area is 119 Å². The highest BCUT2D eigenvalue weighted by Gasteiger charge is 2.16. The van der Waals surface area contributed by atoms with Crippen molar-refractivity contribution in [3.05, 3.63) is 23.8 Å². The van der Waals surface area contributed by atoms with E-state index in [2.05, 4.69) is 5.32 Å². The largest absolute Gasteiger partial charge is 0.454 e. The summed E-state index contributed by atoms with van der Waals surface area (Å²) in [7, 11) is 0. The zero-order valence-corrected chi connectivity index (χ0v) is 11.7. The normalized spacial score (nSPS) is 17.4. The van der Waals surface area contributed by atoms with Gasteiger partial charge in [-0.05, 0) is 42.9 Å². The van der Waals surface area contributed by atoms with E-state index in [0.717, 1.165) is 30.0 Å². The molecular formula is C16H21NO3. The van der Waals surface area contributed by atoms with Gasteiger partial charge in [0.05, 0.1) is 0 Å². The van der Waals surface area contributed by atoms with Crippen LogP contribution >= 0.6 is 0 Å². The molecule has 1 heterocycles. The Balaban J connectivity index is 1.43. The molecule has 1 fully saturated rings. The smallest absolute Gasteiger partial charge is 0.231 e. The number of nitrogens with one attached hydrogen (secondary N) is 1. The molecule has 4 heteroatoms. The van der Waals surface area contributed by atoms with Gasteiger partial charge in [-0.25, -0.2) is 0 Å². The maximum atomic E-state index is 11.8. The summed E-state index contributed by atoms with van der Waals surface area (Å²) < 4.78 is 10.6. The number of aryl methyl sites for hydroxylation is 1. The Kier molecular flexibility index (Phi) is 4.09. The number of fused-ring (bicyclic) bond motifs is 1. The molecule has 20 heavy (non-hydrogen) atoms. The van der Waals surface area contributed by atoms with E-state index in [1.54, 1.807) is 0 Å². The molecule has 3 rings (SSSR count). The molecule has 0 spiro atoms. The summed E-state index contributed by atoms with van der Waals surface area (Å²) in [6.07, 6.45) is 6.44. The molecule has 1 N–H and O–H groups in total. The summed E-state index contributed by atoms with van der Waals surface area (Å²) in [4.78, 5) is 11.8. The first kappa shape index (κ1) is 13.3. The SMILES string of the molecule is O=C(CCc1ccc2c(c1)OCO2)NCC1CCCC1. The van der Waals surface area contributed by atoms with Gasteiger partial charge in [0.25, 0.3) is 0 Å². The van der Waals surface area contributed by atoms with E-state index in [4.69, 9.17) is 9.47 Å². The lowest BCUT2D eigenvalue weighted by Gasteiger charge is -2.10. The molecule has 0 atom stereocenters. The van der Waals surface area contributed by atoms with Gasteiger partial charge in [-0.15, -0.1) is 0 Å². The van der Waals surface area contributed by atoms with Crippen LogP contribution in [0.5, 0.6) is 11.5 Å². The Hall–Kier alpha value is -1.71. The van der Waals surface area contributed by atoms with Crippen LogP contribution in [-0.4, -0.2) is 19.2 Å². The van der Waals surface area contributed by atoms with Crippen LogP contribution in [0.25, 0.3) is 0 Å². The average molecular weight is 275 g/mol. The summed E-state index contributed by atoms with van der Waals surface area (Å²) in [6.45, 7) is 1.14. The summed E-state index contributed by atoms with van der Waals surface area (Å²) in [5.74, 6) is 2.42. The molecule has 1 aliphatic heterocycles. The number of amides is 1. The van der Waals surface area contributed by atoms with E-state index in [0.29, 0.717) is 19.1 Å². The van der Waals surface area contributed by atoms with Crippen LogP contribution in [0.4, 0.5) is 0 Å². The van der Waals surface area contributed by atoms with Gasteiger partial charge in [-0.1, -0.05) is 18.9 Å². The molecule has 1 aromatic carbocycles. The van der Waals surface area contributed by atoms with Crippen LogP contribution < -0.4 is 14.8 Å². The third-order valence-electron chi connectivity index (χ3n) is 4.14. The quantitative estimate of drug-likeness (QED) is 0.898. The van der Waals surface area contributed by atoms with Crippen LogP contribution in [0.1, 0.15) is 37.7 Å². The number of hydrogen-bond acceptors (Lipinski definition) is 3. The van der Waals surface area contributed by atoms with Crippen molar-refractivity contribution >= 4 is 5.91 Å². The molecule has 0 radical (unpaired) electrons. The second-order valence-corrected chi connectivity index (χ2v) is 5.64. The first-order valence-corrected chi connectivity index (χ1v) is 7.46. The Morgan fingerprint density at radius 1 is 1.20 bits per heavy atom. The zero-order valence-electron chi connectivity index (χ0n) is 11.7. The van der Waals surface area contributed by atoms with Crippen molar-refractivity contribution in [2.45, 2.75) is 38.5 Å². The molecule has 1 aliphatic carbocycles. The topological polar surface area (TPSA) is 47.6 Å². The van der Waals surface area contributed by atoms with Crippen molar-refractivity contribution in [3.63, 3.8) is 0 Å². The lowest BCUT2D eigenvalue weighted by atomic mass is 10.1. The van der Waals surface area contributed by atoms with Crippen molar-refractivity contribution < 1.29 is 14.3 Å². The molecule has 2 aliphatic rings. The molecule has 0 saturated heterocycles. The van der Waals surface area contributed by atoms with Crippen molar-refractivity contribution in [2.24, 2.45) is 5.92 Å².